The number of amides is 1. The molecule has 2 unspecified atom stereocenters. The van der Waals surface area contributed by atoms with Gasteiger partial charge in [-0.3, -0.25) is 4.79 Å². The minimum absolute atomic E-state index is 0.0317. The fourth-order valence-electron chi connectivity index (χ4n) is 2.50. The molecule has 0 aromatic carbocycles. The van der Waals surface area contributed by atoms with Gasteiger partial charge in [-0.1, -0.05) is 0 Å². The van der Waals surface area contributed by atoms with E-state index in [9.17, 15) is 4.79 Å². The van der Waals surface area contributed by atoms with Crippen molar-refractivity contribution in [1.82, 2.24) is 4.90 Å². The van der Waals surface area contributed by atoms with E-state index in [1.165, 1.54) is 0 Å². The van der Waals surface area contributed by atoms with Crippen molar-refractivity contribution in [1.29, 1.82) is 0 Å². The minimum Gasteiger partial charge on any atom is -0.383 e. The van der Waals surface area contributed by atoms with Crippen LogP contribution in [0.4, 0.5) is 0 Å². The first-order chi connectivity index (χ1) is 9.54. The first-order valence-electron chi connectivity index (χ1n) is 6.53. The molecule has 0 saturated carbocycles. The van der Waals surface area contributed by atoms with E-state index in [4.69, 9.17) is 10.5 Å². The maximum atomic E-state index is 12.3. The average molecular weight is 426 g/mol. The minimum atomic E-state index is -0.0623. The summed E-state index contributed by atoms with van der Waals surface area (Å²) in [5.74, 6) is 0.167. The number of nitrogens with two attached hydrogens (primary N) is 1. The molecule has 2 N–H and O–H groups in total. The molecule has 0 aliphatic carbocycles. The second-order valence-corrected chi connectivity index (χ2v) is 8.11. The van der Waals surface area contributed by atoms with Crippen molar-refractivity contribution >= 4 is 49.1 Å². The zero-order valence-corrected chi connectivity index (χ0v) is 15.3. The fraction of sp³-hybridized carbons (Fsp3) is 0.615. The maximum Gasteiger partial charge on any atom is 0.223 e. The molecule has 0 spiro atoms. The van der Waals surface area contributed by atoms with Crippen LogP contribution in [0.15, 0.2) is 14.3 Å². The second-order valence-electron chi connectivity index (χ2n) is 4.85. The molecule has 2 rings (SSSR count). The van der Waals surface area contributed by atoms with Crippen LogP contribution in [0.5, 0.6) is 0 Å². The summed E-state index contributed by atoms with van der Waals surface area (Å²) in [6.07, 6.45) is 2.29. The molecular weight excluding hydrogens is 408 g/mol. The molecule has 1 amide bonds. The predicted molar refractivity (Wildman–Crippen MR) is 87.9 cm³/mol. The molecule has 0 bridgehead atoms. The summed E-state index contributed by atoms with van der Waals surface area (Å²) >= 11 is 8.65. The van der Waals surface area contributed by atoms with Gasteiger partial charge in [0, 0.05) is 35.5 Å². The summed E-state index contributed by atoms with van der Waals surface area (Å²) in [6, 6.07) is 1.96. The van der Waals surface area contributed by atoms with Gasteiger partial charge in [0.2, 0.25) is 5.91 Å². The number of ether oxygens (including phenoxy) is 1. The lowest BCUT2D eigenvalue weighted by molar-refractivity contribution is -0.133. The normalized spacial score (nSPS) is 24.0. The Labute approximate surface area is 139 Å². The summed E-state index contributed by atoms with van der Waals surface area (Å²) in [5.41, 5.74) is 6.34. The highest BCUT2D eigenvalue weighted by atomic mass is 79.9. The van der Waals surface area contributed by atoms with Gasteiger partial charge in [0.15, 0.2) is 0 Å². The highest BCUT2D eigenvalue weighted by Gasteiger charge is 2.33. The van der Waals surface area contributed by atoms with Gasteiger partial charge >= 0.3 is 0 Å². The van der Waals surface area contributed by atoms with Crippen LogP contribution in [0.3, 0.4) is 0 Å². The molecule has 1 aromatic rings. The number of halogens is 2. The molecule has 4 nitrogen and oxygen atoms in total. The Kier molecular flexibility index (Phi) is 6.04. The lowest BCUT2D eigenvalue weighted by Crippen LogP contribution is -2.43. The summed E-state index contributed by atoms with van der Waals surface area (Å²) in [4.78, 5) is 15.3. The van der Waals surface area contributed by atoms with Gasteiger partial charge in [0.05, 0.1) is 16.4 Å². The first kappa shape index (κ1) is 16.4. The number of nitrogens with zero attached hydrogens (tertiary/aromatic N) is 1. The topological polar surface area (TPSA) is 55.6 Å². The third-order valence-corrected chi connectivity index (χ3v) is 6.81. The van der Waals surface area contributed by atoms with E-state index >= 15 is 0 Å². The van der Waals surface area contributed by atoms with Crippen LogP contribution in [-0.2, 0) is 9.53 Å². The largest absolute Gasteiger partial charge is 0.383 e. The molecule has 0 radical (unpaired) electrons. The van der Waals surface area contributed by atoms with Crippen molar-refractivity contribution in [3.63, 3.8) is 0 Å². The van der Waals surface area contributed by atoms with Gasteiger partial charge in [-0.05, 0) is 50.8 Å². The predicted octanol–water partition coefficient (Wildman–Crippen LogP) is 3.30. The molecule has 1 aliphatic heterocycles. The Hall–Kier alpha value is 0.0500. The number of thiophene rings is 1. The third-order valence-electron chi connectivity index (χ3n) is 3.48. The van der Waals surface area contributed by atoms with E-state index in [-0.39, 0.29) is 18.0 Å². The van der Waals surface area contributed by atoms with Crippen molar-refractivity contribution in [3.8, 4) is 0 Å². The zero-order valence-electron chi connectivity index (χ0n) is 11.3. The number of hydrogen-bond donors (Lipinski definition) is 1. The molecule has 20 heavy (non-hydrogen) atoms. The summed E-state index contributed by atoms with van der Waals surface area (Å²) in [7, 11) is 1.65. The molecule has 1 aliphatic rings. The van der Waals surface area contributed by atoms with E-state index in [1.807, 2.05) is 4.90 Å². The van der Waals surface area contributed by atoms with Gasteiger partial charge in [-0.25, -0.2) is 0 Å². The van der Waals surface area contributed by atoms with E-state index in [1.54, 1.807) is 18.4 Å². The Morgan fingerprint density at radius 2 is 2.30 bits per heavy atom. The van der Waals surface area contributed by atoms with Crippen LogP contribution < -0.4 is 5.73 Å². The number of likely N-dealkylation sites (tertiary alicyclic amines) is 1. The van der Waals surface area contributed by atoms with Crippen LogP contribution in [0.1, 0.15) is 30.2 Å². The molecule has 1 fully saturated rings. The van der Waals surface area contributed by atoms with Crippen LogP contribution in [0, 0.1) is 0 Å². The molecule has 112 valence electrons. The third kappa shape index (κ3) is 3.62. The fourth-order valence-corrected chi connectivity index (χ4v) is 4.78. The molecule has 1 aromatic heterocycles. The number of hydrogen-bond acceptors (Lipinski definition) is 4. The average Bonchev–Trinajstić information content (AvgIpc) is 2.65. The number of carbonyl (C=O) groups is 1. The van der Waals surface area contributed by atoms with Gasteiger partial charge < -0.3 is 15.4 Å². The van der Waals surface area contributed by atoms with Crippen LogP contribution in [0.25, 0.3) is 0 Å². The van der Waals surface area contributed by atoms with Crippen molar-refractivity contribution < 1.29 is 9.53 Å². The quantitative estimate of drug-likeness (QED) is 0.804. The smallest absolute Gasteiger partial charge is 0.223 e. The molecular formula is C13H18Br2N2O2S. The molecule has 2 atom stereocenters. The van der Waals surface area contributed by atoms with Crippen LogP contribution in [-0.4, -0.2) is 37.1 Å². The second kappa shape index (κ2) is 7.35. The van der Waals surface area contributed by atoms with E-state index < -0.39 is 0 Å². The van der Waals surface area contributed by atoms with Gasteiger partial charge in [0.25, 0.3) is 0 Å². The van der Waals surface area contributed by atoms with Crippen LogP contribution >= 0.6 is 43.2 Å². The Morgan fingerprint density at radius 1 is 1.55 bits per heavy atom. The highest BCUT2D eigenvalue weighted by molar-refractivity contribution is 9.13. The van der Waals surface area contributed by atoms with Gasteiger partial charge in [-0.2, -0.15) is 0 Å². The maximum absolute atomic E-state index is 12.3. The van der Waals surface area contributed by atoms with Crippen molar-refractivity contribution in [2.45, 2.75) is 31.3 Å². The van der Waals surface area contributed by atoms with Crippen LogP contribution in [0.2, 0.25) is 0 Å². The Balaban J connectivity index is 2.32. The molecule has 1 saturated heterocycles. The zero-order chi connectivity index (χ0) is 14.7. The van der Waals surface area contributed by atoms with E-state index in [0.717, 1.165) is 26.0 Å². The van der Waals surface area contributed by atoms with Crippen molar-refractivity contribution in [2.75, 3.05) is 20.3 Å². The first-order valence-corrected chi connectivity index (χ1v) is 8.93. The Bertz CT molecular complexity index is 461. The standard InChI is InChI=1S/C13H18Br2N2O2S/c1-19-6-5-17-11(18)4-2-3-9(16)12(17)10-7-8(14)13(15)20-10/h7,9,12H,2-6,16H2,1H3. The number of methoxy groups -OCH3 is 1. The summed E-state index contributed by atoms with van der Waals surface area (Å²) < 4.78 is 7.17. The molecule has 7 heteroatoms. The Morgan fingerprint density at radius 3 is 2.90 bits per heavy atom. The lowest BCUT2D eigenvalue weighted by atomic mass is 10.0. The monoisotopic (exact) mass is 424 g/mol. The molecule has 2 heterocycles. The van der Waals surface area contributed by atoms with Crippen molar-refractivity contribution in [3.05, 3.63) is 19.2 Å². The lowest BCUT2D eigenvalue weighted by Gasteiger charge is -2.32. The highest BCUT2D eigenvalue weighted by Crippen LogP contribution is 2.40. The van der Waals surface area contributed by atoms with Crippen molar-refractivity contribution in [2.24, 2.45) is 5.73 Å². The number of rotatable bonds is 4. The van der Waals surface area contributed by atoms with E-state index in [0.29, 0.717) is 19.6 Å². The van der Waals surface area contributed by atoms with E-state index in [2.05, 4.69) is 37.9 Å². The number of carbonyl (C=O) groups excluding carboxylic acids is 1. The SMILES string of the molecule is COCCN1C(=O)CCCC(N)C1c1cc(Br)c(Br)s1. The summed E-state index contributed by atoms with van der Waals surface area (Å²) in [5, 5.41) is 0. The van der Waals surface area contributed by atoms with Gasteiger partial charge in [-0.15, -0.1) is 11.3 Å². The summed E-state index contributed by atoms with van der Waals surface area (Å²) in [6.45, 7) is 1.11. The van der Waals surface area contributed by atoms with Gasteiger partial charge in [0.1, 0.15) is 0 Å².